The molecule has 1 aromatic carbocycles. The molecule has 0 spiro atoms. The number of methoxy groups -OCH3 is 2. The Labute approximate surface area is 164 Å². The Hall–Kier alpha value is -2.12. The fraction of sp³-hybridized carbons (Fsp3) is 0.500. The molecule has 1 aliphatic rings. The maximum absolute atomic E-state index is 13.0. The van der Waals surface area contributed by atoms with Crippen LogP contribution < -0.4 is 15.2 Å². The van der Waals surface area contributed by atoms with Gasteiger partial charge in [0.05, 0.1) is 19.9 Å². The molecule has 0 bridgehead atoms. The lowest BCUT2D eigenvalue weighted by Gasteiger charge is -2.33. The maximum Gasteiger partial charge on any atom is 0.265 e. The molecule has 146 valence electrons. The van der Waals surface area contributed by atoms with Gasteiger partial charge in [-0.15, -0.1) is 11.3 Å². The van der Waals surface area contributed by atoms with Crippen LogP contribution in [0.4, 0.5) is 0 Å². The number of nitrogens with zero attached hydrogens (tertiary/aromatic N) is 2. The average Bonchev–Trinajstić information content (AvgIpc) is 3.08. The number of aryl methyl sites for hydroxylation is 1. The SMILES string of the molecule is COc1ccc(-c2nc(C)c(C(=O)N3CCC(C(C)N)CC3)s2)cc1OC. The summed E-state index contributed by atoms with van der Waals surface area (Å²) in [6.45, 7) is 5.45. The molecule has 7 heteroatoms. The number of rotatable bonds is 5. The van der Waals surface area contributed by atoms with Crippen molar-refractivity contribution in [2.24, 2.45) is 11.7 Å². The maximum atomic E-state index is 13.0. The zero-order chi connectivity index (χ0) is 19.6. The molecule has 0 radical (unpaired) electrons. The van der Waals surface area contributed by atoms with Gasteiger partial charge in [-0.3, -0.25) is 4.79 Å². The predicted molar refractivity (Wildman–Crippen MR) is 108 cm³/mol. The quantitative estimate of drug-likeness (QED) is 0.849. The Balaban J connectivity index is 1.80. The topological polar surface area (TPSA) is 77.7 Å². The summed E-state index contributed by atoms with van der Waals surface area (Å²) in [6, 6.07) is 5.86. The van der Waals surface area contributed by atoms with Gasteiger partial charge < -0.3 is 20.1 Å². The monoisotopic (exact) mass is 389 g/mol. The number of ether oxygens (including phenoxy) is 2. The summed E-state index contributed by atoms with van der Waals surface area (Å²) in [5.41, 5.74) is 7.69. The molecule has 3 rings (SSSR count). The van der Waals surface area contributed by atoms with Crippen LogP contribution in [0.1, 0.15) is 35.1 Å². The predicted octanol–water partition coefficient (Wildman–Crippen LogP) is 3.34. The standard InChI is InChI=1S/C20H27N3O3S/c1-12(21)14-7-9-23(10-8-14)20(24)18-13(2)22-19(27-18)15-5-6-16(25-3)17(11-15)26-4/h5-6,11-12,14H,7-10,21H2,1-4H3. The smallest absolute Gasteiger partial charge is 0.265 e. The number of hydrogen-bond acceptors (Lipinski definition) is 6. The highest BCUT2D eigenvalue weighted by Gasteiger charge is 2.28. The third kappa shape index (κ3) is 4.09. The van der Waals surface area contributed by atoms with Gasteiger partial charge in [0.25, 0.3) is 5.91 Å². The second kappa shape index (κ2) is 8.27. The number of benzene rings is 1. The van der Waals surface area contributed by atoms with E-state index in [0.717, 1.165) is 42.2 Å². The normalized spacial score (nSPS) is 16.3. The molecule has 2 N–H and O–H groups in total. The summed E-state index contributed by atoms with van der Waals surface area (Å²) in [6.07, 6.45) is 1.92. The first-order valence-corrected chi connectivity index (χ1v) is 10.0. The average molecular weight is 390 g/mol. The molecule has 0 aliphatic carbocycles. The van der Waals surface area contributed by atoms with Gasteiger partial charge >= 0.3 is 0 Å². The lowest BCUT2D eigenvalue weighted by molar-refractivity contribution is 0.0685. The van der Waals surface area contributed by atoms with Crippen molar-refractivity contribution < 1.29 is 14.3 Å². The molecule has 1 atom stereocenters. The van der Waals surface area contributed by atoms with E-state index >= 15 is 0 Å². The van der Waals surface area contributed by atoms with Gasteiger partial charge in [0.1, 0.15) is 9.88 Å². The Morgan fingerprint density at radius 3 is 2.52 bits per heavy atom. The number of nitrogens with two attached hydrogens (primary N) is 1. The van der Waals surface area contributed by atoms with E-state index in [1.165, 1.54) is 11.3 Å². The molecule has 1 amide bonds. The number of carbonyl (C=O) groups excluding carboxylic acids is 1. The second-order valence-corrected chi connectivity index (χ2v) is 7.99. The van der Waals surface area contributed by atoms with E-state index in [0.29, 0.717) is 22.3 Å². The van der Waals surface area contributed by atoms with Gasteiger partial charge in [0, 0.05) is 24.7 Å². The summed E-state index contributed by atoms with van der Waals surface area (Å²) in [7, 11) is 3.21. The minimum Gasteiger partial charge on any atom is -0.493 e. The van der Waals surface area contributed by atoms with Crippen molar-refractivity contribution in [3.63, 3.8) is 0 Å². The van der Waals surface area contributed by atoms with E-state index in [2.05, 4.69) is 4.98 Å². The summed E-state index contributed by atoms with van der Waals surface area (Å²) < 4.78 is 10.7. The van der Waals surface area contributed by atoms with Gasteiger partial charge in [0.2, 0.25) is 0 Å². The van der Waals surface area contributed by atoms with Crippen LogP contribution in [-0.4, -0.2) is 49.1 Å². The Kier molecular flexibility index (Phi) is 6.01. The number of amides is 1. The molecule has 2 aromatic rings. The highest BCUT2D eigenvalue weighted by molar-refractivity contribution is 7.17. The molecule has 1 aromatic heterocycles. The number of hydrogen-bond donors (Lipinski definition) is 1. The van der Waals surface area contributed by atoms with Crippen molar-refractivity contribution in [2.45, 2.75) is 32.7 Å². The molecular weight excluding hydrogens is 362 g/mol. The largest absolute Gasteiger partial charge is 0.493 e. The molecule has 2 heterocycles. The molecular formula is C20H27N3O3S. The van der Waals surface area contributed by atoms with Crippen molar-refractivity contribution in [3.05, 3.63) is 28.8 Å². The fourth-order valence-electron chi connectivity index (χ4n) is 3.46. The first kappa shape index (κ1) is 19.6. The van der Waals surface area contributed by atoms with Crippen molar-refractivity contribution in [2.75, 3.05) is 27.3 Å². The number of piperidine rings is 1. The molecule has 1 aliphatic heterocycles. The highest BCUT2D eigenvalue weighted by atomic mass is 32.1. The van der Waals surface area contributed by atoms with Crippen molar-refractivity contribution >= 4 is 17.2 Å². The van der Waals surface area contributed by atoms with E-state index in [-0.39, 0.29) is 11.9 Å². The van der Waals surface area contributed by atoms with Gasteiger partial charge in [-0.05, 0) is 50.8 Å². The zero-order valence-corrected chi connectivity index (χ0v) is 17.1. The van der Waals surface area contributed by atoms with E-state index < -0.39 is 0 Å². The van der Waals surface area contributed by atoms with Gasteiger partial charge in [-0.1, -0.05) is 0 Å². The summed E-state index contributed by atoms with van der Waals surface area (Å²) >= 11 is 1.43. The Morgan fingerprint density at radius 1 is 1.26 bits per heavy atom. The lowest BCUT2D eigenvalue weighted by atomic mass is 9.91. The molecule has 0 saturated carbocycles. The summed E-state index contributed by atoms with van der Waals surface area (Å²) in [5.74, 6) is 1.88. The number of carbonyl (C=O) groups is 1. The van der Waals surface area contributed by atoms with Crippen LogP contribution >= 0.6 is 11.3 Å². The molecule has 27 heavy (non-hydrogen) atoms. The molecule has 1 saturated heterocycles. The van der Waals surface area contributed by atoms with Gasteiger partial charge in [0.15, 0.2) is 11.5 Å². The van der Waals surface area contributed by atoms with Crippen molar-refractivity contribution in [1.82, 2.24) is 9.88 Å². The molecule has 1 unspecified atom stereocenters. The summed E-state index contributed by atoms with van der Waals surface area (Å²) in [4.78, 5) is 20.2. The zero-order valence-electron chi connectivity index (χ0n) is 16.3. The van der Waals surface area contributed by atoms with Crippen LogP contribution in [0.15, 0.2) is 18.2 Å². The van der Waals surface area contributed by atoms with Crippen LogP contribution in [0.5, 0.6) is 11.5 Å². The van der Waals surface area contributed by atoms with E-state index in [9.17, 15) is 4.79 Å². The lowest BCUT2D eigenvalue weighted by Crippen LogP contribution is -2.42. The van der Waals surface area contributed by atoms with E-state index in [1.54, 1.807) is 14.2 Å². The van der Waals surface area contributed by atoms with E-state index in [1.807, 2.05) is 36.9 Å². The van der Waals surface area contributed by atoms with Crippen molar-refractivity contribution in [1.29, 1.82) is 0 Å². The number of aromatic nitrogens is 1. The molecule has 6 nitrogen and oxygen atoms in total. The van der Waals surface area contributed by atoms with Crippen molar-refractivity contribution in [3.8, 4) is 22.1 Å². The summed E-state index contributed by atoms with van der Waals surface area (Å²) in [5, 5.41) is 0.808. The second-order valence-electron chi connectivity index (χ2n) is 6.99. The Bertz CT molecular complexity index is 811. The van der Waals surface area contributed by atoms with E-state index in [4.69, 9.17) is 15.2 Å². The van der Waals surface area contributed by atoms with Crippen LogP contribution in [0.25, 0.3) is 10.6 Å². The van der Waals surface area contributed by atoms with Crippen LogP contribution in [-0.2, 0) is 0 Å². The number of likely N-dealkylation sites (tertiary alicyclic amines) is 1. The van der Waals surface area contributed by atoms with Gasteiger partial charge in [-0.25, -0.2) is 4.98 Å². The van der Waals surface area contributed by atoms with Crippen LogP contribution in [0, 0.1) is 12.8 Å². The third-order valence-corrected chi connectivity index (χ3v) is 6.39. The first-order valence-electron chi connectivity index (χ1n) is 9.19. The molecule has 1 fully saturated rings. The van der Waals surface area contributed by atoms with Crippen LogP contribution in [0.2, 0.25) is 0 Å². The highest BCUT2D eigenvalue weighted by Crippen LogP contribution is 2.35. The third-order valence-electron chi connectivity index (χ3n) is 5.19. The minimum absolute atomic E-state index is 0.0693. The number of thiazole rings is 1. The van der Waals surface area contributed by atoms with Crippen LogP contribution in [0.3, 0.4) is 0 Å². The minimum atomic E-state index is 0.0693. The Morgan fingerprint density at radius 2 is 1.93 bits per heavy atom. The first-order chi connectivity index (χ1) is 12.9. The van der Waals surface area contributed by atoms with Gasteiger partial charge in [-0.2, -0.15) is 0 Å². The fourth-order valence-corrected chi connectivity index (χ4v) is 4.49.